The van der Waals surface area contributed by atoms with Crippen LogP contribution in [0.4, 0.5) is 16.5 Å². The number of amides is 1. The maximum absolute atomic E-state index is 12.0. The maximum Gasteiger partial charge on any atom is 0.259 e. The highest BCUT2D eigenvalue weighted by Crippen LogP contribution is 2.20. The van der Waals surface area contributed by atoms with E-state index in [4.69, 9.17) is 11.5 Å². The highest BCUT2D eigenvalue weighted by molar-refractivity contribution is 7.14. The number of nitrogens with zero attached hydrogens (tertiary/aromatic N) is 1. The Kier molecular flexibility index (Phi) is 3.48. The minimum Gasteiger partial charge on any atom is -0.399 e. The van der Waals surface area contributed by atoms with Crippen molar-refractivity contribution in [2.75, 3.05) is 16.8 Å². The summed E-state index contributed by atoms with van der Waals surface area (Å²) < 4.78 is 0. The number of nitrogens with two attached hydrogens (primary N) is 2. The van der Waals surface area contributed by atoms with Crippen molar-refractivity contribution < 1.29 is 9.59 Å². The van der Waals surface area contributed by atoms with E-state index < -0.39 is 0 Å². The molecule has 1 aromatic carbocycles. The highest BCUT2D eigenvalue weighted by Gasteiger charge is 2.13. The monoisotopic (exact) mass is 276 g/mol. The van der Waals surface area contributed by atoms with Crippen LogP contribution in [0.15, 0.2) is 23.6 Å². The number of aromatic nitrogens is 1. The lowest BCUT2D eigenvalue weighted by atomic mass is 10.1. The van der Waals surface area contributed by atoms with Gasteiger partial charge in [0.1, 0.15) is 5.69 Å². The molecule has 1 heterocycles. The third-order valence-electron chi connectivity index (χ3n) is 2.41. The van der Waals surface area contributed by atoms with Crippen LogP contribution in [0.3, 0.4) is 0 Å². The highest BCUT2D eigenvalue weighted by atomic mass is 32.1. The average molecular weight is 276 g/mol. The topological polar surface area (TPSA) is 111 Å². The van der Waals surface area contributed by atoms with Gasteiger partial charge in [0.2, 0.25) is 0 Å². The molecule has 0 aliphatic rings. The second-order valence-electron chi connectivity index (χ2n) is 3.89. The van der Waals surface area contributed by atoms with E-state index in [1.54, 1.807) is 17.5 Å². The fourth-order valence-electron chi connectivity index (χ4n) is 1.45. The summed E-state index contributed by atoms with van der Waals surface area (Å²) >= 11 is 1.18. The lowest BCUT2D eigenvalue weighted by Gasteiger charge is -2.05. The number of hydrogen-bond donors (Lipinski definition) is 3. The Balaban J connectivity index is 2.18. The molecule has 0 unspecified atom stereocenters. The SMILES string of the molecule is CC(=O)c1csc(NC(=O)c2ccc(N)cc2N)n1. The molecule has 0 spiro atoms. The number of thiazole rings is 1. The molecule has 0 fully saturated rings. The third-order valence-corrected chi connectivity index (χ3v) is 3.16. The Bertz CT molecular complexity index is 651. The number of ketones is 1. The van der Waals surface area contributed by atoms with Crippen LogP contribution < -0.4 is 16.8 Å². The van der Waals surface area contributed by atoms with Crippen molar-refractivity contribution in [3.05, 3.63) is 34.8 Å². The van der Waals surface area contributed by atoms with Crippen molar-refractivity contribution in [2.45, 2.75) is 6.92 Å². The fraction of sp³-hybridized carbons (Fsp3) is 0.0833. The number of rotatable bonds is 3. The Labute approximate surface area is 113 Å². The largest absolute Gasteiger partial charge is 0.399 e. The van der Waals surface area contributed by atoms with Crippen LogP contribution in [0.2, 0.25) is 0 Å². The predicted octanol–water partition coefficient (Wildman–Crippen LogP) is 1.76. The lowest BCUT2D eigenvalue weighted by molar-refractivity contribution is 0.100. The van der Waals surface area contributed by atoms with Crippen molar-refractivity contribution >= 4 is 39.5 Å². The van der Waals surface area contributed by atoms with E-state index in [1.165, 1.54) is 24.3 Å². The minimum absolute atomic E-state index is 0.149. The number of nitrogens with one attached hydrogen (secondary N) is 1. The maximum atomic E-state index is 12.0. The summed E-state index contributed by atoms with van der Waals surface area (Å²) in [5.41, 5.74) is 12.7. The summed E-state index contributed by atoms with van der Waals surface area (Å²) in [6, 6.07) is 4.64. The molecule has 0 radical (unpaired) electrons. The van der Waals surface area contributed by atoms with Gasteiger partial charge in [-0.1, -0.05) is 0 Å². The molecular weight excluding hydrogens is 264 g/mol. The second-order valence-corrected chi connectivity index (χ2v) is 4.75. The van der Waals surface area contributed by atoms with Crippen LogP contribution in [0.1, 0.15) is 27.8 Å². The molecule has 6 nitrogen and oxygen atoms in total. The fourth-order valence-corrected chi connectivity index (χ4v) is 2.19. The average Bonchev–Trinajstić information content (AvgIpc) is 2.77. The van der Waals surface area contributed by atoms with Crippen molar-refractivity contribution in [2.24, 2.45) is 0 Å². The van der Waals surface area contributed by atoms with Gasteiger partial charge < -0.3 is 11.5 Å². The molecule has 0 saturated heterocycles. The number of benzene rings is 1. The van der Waals surface area contributed by atoms with Crippen LogP contribution in [0.25, 0.3) is 0 Å². The number of carbonyl (C=O) groups excluding carboxylic acids is 2. The van der Waals surface area contributed by atoms with Gasteiger partial charge in [0.25, 0.3) is 5.91 Å². The van der Waals surface area contributed by atoms with Crippen LogP contribution in [-0.2, 0) is 0 Å². The van der Waals surface area contributed by atoms with E-state index in [-0.39, 0.29) is 11.7 Å². The summed E-state index contributed by atoms with van der Waals surface area (Å²) in [7, 11) is 0. The van der Waals surface area contributed by atoms with Crippen LogP contribution in [-0.4, -0.2) is 16.7 Å². The zero-order chi connectivity index (χ0) is 14.0. The molecule has 19 heavy (non-hydrogen) atoms. The Morgan fingerprint density at radius 3 is 2.63 bits per heavy atom. The Morgan fingerprint density at radius 2 is 2.05 bits per heavy atom. The Morgan fingerprint density at radius 1 is 1.32 bits per heavy atom. The van der Waals surface area contributed by atoms with E-state index in [0.717, 1.165) is 0 Å². The van der Waals surface area contributed by atoms with Crippen molar-refractivity contribution in [1.82, 2.24) is 4.98 Å². The molecule has 0 aliphatic carbocycles. The van der Waals surface area contributed by atoms with Gasteiger partial charge in [0.05, 0.1) is 5.56 Å². The minimum atomic E-state index is -0.387. The van der Waals surface area contributed by atoms with Gasteiger partial charge in [-0.15, -0.1) is 11.3 Å². The molecule has 0 atom stereocenters. The number of hydrogen-bond acceptors (Lipinski definition) is 6. The van der Waals surface area contributed by atoms with Gasteiger partial charge in [-0.2, -0.15) is 0 Å². The summed E-state index contributed by atoms with van der Waals surface area (Å²) in [6.07, 6.45) is 0. The molecule has 1 amide bonds. The number of carbonyl (C=O) groups is 2. The molecule has 0 saturated carbocycles. The molecule has 5 N–H and O–H groups in total. The van der Waals surface area contributed by atoms with E-state index in [1.807, 2.05) is 0 Å². The van der Waals surface area contributed by atoms with Gasteiger partial charge in [0, 0.05) is 23.7 Å². The molecule has 1 aromatic heterocycles. The number of nitrogen functional groups attached to an aromatic ring is 2. The molecular formula is C12H12N4O2S. The van der Waals surface area contributed by atoms with Gasteiger partial charge in [0.15, 0.2) is 10.9 Å². The third kappa shape index (κ3) is 2.89. The van der Waals surface area contributed by atoms with Crippen molar-refractivity contribution in [3.8, 4) is 0 Å². The molecule has 98 valence electrons. The van der Waals surface area contributed by atoms with Crippen LogP contribution in [0.5, 0.6) is 0 Å². The predicted molar refractivity (Wildman–Crippen MR) is 75.3 cm³/mol. The van der Waals surface area contributed by atoms with Gasteiger partial charge in [-0.3, -0.25) is 14.9 Å². The second kappa shape index (κ2) is 5.07. The van der Waals surface area contributed by atoms with Crippen molar-refractivity contribution in [3.63, 3.8) is 0 Å². The van der Waals surface area contributed by atoms with E-state index >= 15 is 0 Å². The molecule has 0 bridgehead atoms. The normalized spacial score (nSPS) is 10.2. The number of anilines is 3. The van der Waals surface area contributed by atoms with Gasteiger partial charge >= 0.3 is 0 Å². The van der Waals surface area contributed by atoms with Crippen LogP contribution in [0, 0.1) is 0 Å². The first-order chi connectivity index (χ1) is 8.97. The van der Waals surface area contributed by atoms with Gasteiger partial charge in [-0.25, -0.2) is 4.98 Å². The molecule has 2 rings (SSSR count). The quantitative estimate of drug-likeness (QED) is 0.584. The smallest absolute Gasteiger partial charge is 0.259 e. The number of Topliss-reactive ketones (excluding diaryl/α,β-unsaturated/α-hetero) is 1. The summed E-state index contributed by atoms with van der Waals surface area (Å²) in [5.74, 6) is -0.536. The first-order valence-corrected chi connectivity index (χ1v) is 6.28. The van der Waals surface area contributed by atoms with Crippen LogP contribution >= 0.6 is 11.3 Å². The lowest BCUT2D eigenvalue weighted by Crippen LogP contribution is -2.14. The first-order valence-electron chi connectivity index (χ1n) is 5.40. The molecule has 7 heteroatoms. The zero-order valence-corrected chi connectivity index (χ0v) is 11.0. The Hall–Kier alpha value is -2.41. The summed E-state index contributed by atoms with van der Waals surface area (Å²) in [4.78, 5) is 27.1. The van der Waals surface area contributed by atoms with E-state index in [9.17, 15) is 9.59 Å². The first kappa shape index (κ1) is 13.0. The van der Waals surface area contributed by atoms with Gasteiger partial charge in [-0.05, 0) is 18.2 Å². The summed E-state index contributed by atoms with van der Waals surface area (Å²) in [5, 5.41) is 4.53. The van der Waals surface area contributed by atoms with E-state index in [0.29, 0.717) is 27.8 Å². The van der Waals surface area contributed by atoms with E-state index in [2.05, 4.69) is 10.3 Å². The molecule has 2 aromatic rings. The van der Waals surface area contributed by atoms with Crippen molar-refractivity contribution in [1.29, 1.82) is 0 Å². The zero-order valence-electron chi connectivity index (χ0n) is 10.1. The molecule has 0 aliphatic heterocycles. The summed E-state index contributed by atoms with van der Waals surface area (Å²) in [6.45, 7) is 1.42. The standard InChI is InChI=1S/C12H12N4O2S/c1-6(17)10-5-19-12(15-10)16-11(18)8-3-2-7(13)4-9(8)14/h2-5H,13-14H2,1H3,(H,15,16,18).